The first-order chi connectivity index (χ1) is 17.5. The first-order valence-electron chi connectivity index (χ1n) is 12.6. The van der Waals surface area contributed by atoms with E-state index in [1.54, 1.807) is 6.33 Å². The van der Waals surface area contributed by atoms with Gasteiger partial charge in [-0.3, -0.25) is 4.79 Å². The number of rotatable bonds is 7. The molecule has 188 valence electrons. The molecule has 2 saturated heterocycles. The molecule has 2 aromatic heterocycles. The number of carbonyl (C=O) groups excluding carboxylic acids is 1. The molecule has 36 heavy (non-hydrogen) atoms. The summed E-state index contributed by atoms with van der Waals surface area (Å²) in [6.45, 7) is 4.99. The van der Waals surface area contributed by atoms with Crippen LogP contribution in [-0.2, 0) is 23.6 Å². The van der Waals surface area contributed by atoms with Gasteiger partial charge in [-0.15, -0.1) is 10.2 Å². The van der Waals surface area contributed by atoms with Gasteiger partial charge in [-0.1, -0.05) is 12.1 Å². The number of hydrogen-bond donors (Lipinski definition) is 1. The van der Waals surface area contributed by atoms with Crippen LogP contribution in [0.5, 0.6) is 0 Å². The third-order valence-electron chi connectivity index (χ3n) is 7.52. The van der Waals surface area contributed by atoms with E-state index in [0.29, 0.717) is 24.8 Å². The lowest BCUT2D eigenvalue weighted by Gasteiger charge is -2.41. The van der Waals surface area contributed by atoms with Gasteiger partial charge in [-0.2, -0.15) is 0 Å². The van der Waals surface area contributed by atoms with Crippen LogP contribution >= 0.6 is 0 Å². The van der Waals surface area contributed by atoms with Gasteiger partial charge < -0.3 is 24.4 Å². The van der Waals surface area contributed by atoms with Crippen LogP contribution in [0.15, 0.2) is 36.7 Å². The molecular formula is C26H32N8O2. The molecule has 3 aromatic rings. The Labute approximate surface area is 210 Å². The first-order valence-corrected chi connectivity index (χ1v) is 12.6. The summed E-state index contributed by atoms with van der Waals surface area (Å²) in [5.41, 5.74) is 2.11. The van der Waals surface area contributed by atoms with Gasteiger partial charge in [0.05, 0.1) is 13.2 Å². The predicted molar refractivity (Wildman–Crippen MR) is 135 cm³/mol. The van der Waals surface area contributed by atoms with Gasteiger partial charge in [0.2, 0.25) is 0 Å². The van der Waals surface area contributed by atoms with E-state index in [1.807, 2.05) is 35.9 Å². The highest BCUT2D eigenvalue weighted by Crippen LogP contribution is 2.39. The molecule has 2 aliphatic heterocycles. The standard InChI is InChI=1S/C26H32N8O2/c1-32-8-10-34(11-9-32)22-13-21(29-24(30-22)18-6-7-18)25(35)28-20-5-3-4-19(12-20)26(15-36-16-26)14-23-31-27-17-33(23)2/h3-5,12-13,17-18H,6-11,14-16H2,1-2H3,(H,28,35). The molecule has 4 heterocycles. The van der Waals surface area contributed by atoms with Crippen molar-refractivity contribution in [1.82, 2.24) is 29.6 Å². The van der Waals surface area contributed by atoms with E-state index in [2.05, 4.69) is 43.4 Å². The number of likely N-dealkylation sites (N-methyl/N-ethyl adjacent to an activating group) is 1. The van der Waals surface area contributed by atoms with Crippen LogP contribution in [0.2, 0.25) is 0 Å². The number of anilines is 2. The molecule has 6 rings (SSSR count). The molecule has 10 nitrogen and oxygen atoms in total. The number of aryl methyl sites for hydroxylation is 1. The lowest BCUT2D eigenvalue weighted by Crippen LogP contribution is -2.49. The number of aromatic nitrogens is 5. The molecule has 3 fully saturated rings. The average Bonchev–Trinajstić information content (AvgIpc) is 3.64. The summed E-state index contributed by atoms with van der Waals surface area (Å²) in [5.74, 6) is 2.72. The van der Waals surface area contributed by atoms with Crippen LogP contribution < -0.4 is 10.2 Å². The summed E-state index contributed by atoms with van der Waals surface area (Å²) in [6.07, 6.45) is 4.62. The van der Waals surface area contributed by atoms with Crippen LogP contribution in [-0.4, -0.2) is 82.0 Å². The molecule has 0 spiro atoms. The number of nitrogens with one attached hydrogen (secondary N) is 1. The third-order valence-corrected chi connectivity index (χ3v) is 7.52. The first kappa shape index (κ1) is 23.1. The Kier molecular flexibility index (Phi) is 5.93. The number of nitrogens with zero attached hydrogens (tertiary/aromatic N) is 7. The highest BCUT2D eigenvalue weighted by Gasteiger charge is 2.42. The molecular weight excluding hydrogens is 456 g/mol. The molecule has 10 heteroatoms. The van der Waals surface area contributed by atoms with Gasteiger partial charge in [-0.05, 0) is 37.6 Å². The van der Waals surface area contributed by atoms with E-state index in [1.165, 1.54) is 0 Å². The fraction of sp³-hybridized carbons (Fsp3) is 0.500. The second kappa shape index (κ2) is 9.25. The van der Waals surface area contributed by atoms with Crippen LogP contribution in [0.3, 0.4) is 0 Å². The van der Waals surface area contributed by atoms with E-state index in [9.17, 15) is 4.79 Å². The summed E-state index contributed by atoms with van der Waals surface area (Å²) < 4.78 is 7.56. The molecule has 1 saturated carbocycles. The molecule has 3 aliphatic rings. The lowest BCUT2D eigenvalue weighted by molar-refractivity contribution is -0.0610. The molecule has 0 bridgehead atoms. The van der Waals surface area contributed by atoms with E-state index in [0.717, 1.165) is 74.2 Å². The maximum atomic E-state index is 13.4. The number of amides is 1. The topological polar surface area (TPSA) is 101 Å². The monoisotopic (exact) mass is 488 g/mol. The molecule has 0 atom stereocenters. The highest BCUT2D eigenvalue weighted by atomic mass is 16.5. The molecule has 0 unspecified atom stereocenters. The van der Waals surface area contributed by atoms with E-state index in [4.69, 9.17) is 9.72 Å². The van der Waals surface area contributed by atoms with Gasteiger partial charge in [0.25, 0.3) is 5.91 Å². The lowest BCUT2D eigenvalue weighted by atomic mass is 9.75. The molecule has 0 radical (unpaired) electrons. The van der Waals surface area contributed by atoms with Gasteiger partial charge in [0.15, 0.2) is 0 Å². The SMILES string of the molecule is CN1CCN(c2cc(C(=O)Nc3cccc(C4(Cc5nncn5C)COC4)c3)nc(C3CC3)n2)CC1. The average molecular weight is 489 g/mol. The Balaban J connectivity index is 1.23. The minimum atomic E-state index is -0.209. The fourth-order valence-corrected chi connectivity index (χ4v) is 4.90. The highest BCUT2D eigenvalue weighted by molar-refractivity contribution is 6.03. The summed E-state index contributed by atoms with van der Waals surface area (Å²) >= 11 is 0. The largest absolute Gasteiger partial charge is 0.379 e. The van der Waals surface area contributed by atoms with E-state index in [-0.39, 0.29) is 11.3 Å². The number of benzene rings is 1. The Bertz CT molecular complexity index is 1260. The maximum absolute atomic E-state index is 13.4. The third kappa shape index (κ3) is 4.58. The zero-order valence-electron chi connectivity index (χ0n) is 20.9. The minimum absolute atomic E-state index is 0.176. The normalized spacial score (nSPS) is 19.7. The summed E-state index contributed by atoms with van der Waals surface area (Å²) in [5, 5.41) is 11.4. The van der Waals surface area contributed by atoms with Crippen molar-refractivity contribution < 1.29 is 9.53 Å². The van der Waals surface area contributed by atoms with Crippen molar-refractivity contribution in [3.63, 3.8) is 0 Å². The van der Waals surface area contributed by atoms with Gasteiger partial charge in [0.1, 0.15) is 29.5 Å². The number of ether oxygens (including phenoxy) is 1. The van der Waals surface area contributed by atoms with Crippen LogP contribution in [0, 0.1) is 0 Å². The second-order valence-corrected chi connectivity index (χ2v) is 10.4. The van der Waals surface area contributed by atoms with Gasteiger partial charge in [-0.25, -0.2) is 9.97 Å². The van der Waals surface area contributed by atoms with Gasteiger partial charge in [0, 0.05) is 62.7 Å². The summed E-state index contributed by atoms with van der Waals surface area (Å²) in [6, 6.07) is 9.87. The summed E-state index contributed by atoms with van der Waals surface area (Å²) in [4.78, 5) is 27.4. The van der Waals surface area contributed by atoms with E-state index < -0.39 is 0 Å². The van der Waals surface area contributed by atoms with Crippen LogP contribution in [0.4, 0.5) is 11.5 Å². The molecule has 1 aliphatic carbocycles. The minimum Gasteiger partial charge on any atom is -0.379 e. The van der Waals surface area contributed by atoms with Crippen molar-refractivity contribution in [2.75, 3.05) is 56.7 Å². The molecule has 1 aromatic carbocycles. The van der Waals surface area contributed by atoms with Crippen molar-refractivity contribution in [3.05, 3.63) is 59.6 Å². The Morgan fingerprint density at radius 3 is 2.58 bits per heavy atom. The second-order valence-electron chi connectivity index (χ2n) is 10.4. The molecule has 1 N–H and O–H groups in total. The zero-order valence-corrected chi connectivity index (χ0v) is 20.9. The fourth-order valence-electron chi connectivity index (χ4n) is 4.90. The number of piperazine rings is 1. The van der Waals surface area contributed by atoms with Crippen molar-refractivity contribution in [2.24, 2.45) is 7.05 Å². The maximum Gasteiger partial charge on any atom is 0.274 e. The Morgan fingerprint density at radius 1 is 1.11 bits per heavy atom. The van der Waals surface area contributed by atoms with E-state index >= 15 is 0 Å². The molecule has 1 amide bonds. The van der Waals surface area contributed by atoms with Crippen molar-refractivity contribution in [1.29, 1.82) is 0 Å². The Hall–Kier alpha value is -3.37. The summed E-state index contributed by atoms with van der Waals surface area (Å²) in [7, 11) is 4.08. The number of hydrogen-bond acceptors (Lipinski definition) is 8. The quantitative estimate of drug-likeness (QED) is 0.539. The zero-order chi connectivity index (χ0) is 24.7. The number of carbonyl (C=O) groups is 1. The van der Waals surface area contributed by atoms with Crippen LogP contribution in [0.1, 0.15) is 46.5 Å². The Morgan fingerprint density at radius 2 is 1.92 bits per heavy atom. The van der Waals surface area contributed by atoms with Crippen molar-refractivity contribution >= 4 is 17.4 Å². The van der Waals surface area contributed by atoms with Crippen molar-refractivity contribution in [2.45, 2.75) is 30.6 Å². The predicted octanol–water partition coefficient (Wildman–Crippen LogP) is 2.00. The smallest absolute Gasteiger partial charge is 0.274 e. The van der Waals surface area contributed by atoms with Crippen LogP contribution in [0.25, 0.3) is 0 Å². The van der Waals surface area contributed by atoms with Gasteiger partial charge >= 0.3 is 0 Å². The van der Waals surface area contributed by atoms with Crippen molar-refractivity contribution in [3.8, 4) is 0 Å².